The van der Waals surface area contributed by atoms with Crippen molar-refractivity contribution in [2.75, 3.05) is 0 Å². The highest BCUT2D eigenvalue weighted by Crippen LogP contribution is 2.53. The monoisotopic (exact) mass is 302 g/mol. The molecule has 3 aromatic rings. The maximum Gasteiger partial charge on any atom is 0.110 e. The second-order valence-electron chi connectivity index (χ2n) is 5.26. The summed E-state index contributed by atoms with van der Waals surface area (Å²) in [5.41, 5.74) is 3.22. The van der Waals surface area contributed by atoms with Crippen LogP contribution in [0, 0.1) is 0 Å². The first-order chi connectivity index (χ1) is 9.72. The molecule has 0 spiro atoms. The van der Waals surface area contributed by atoms with Crippen molar-refractivity contribution in [3.63, 3.8) is 0 Å². The number of halogens is 2. The van der Waals surface area contributed by atoms with Crippen molar-refractivity contribution in [2.45, 2.75) is 18.3 Å². The molecule has 1 N–H and O–H groups in total. The topological polar surface area (TPSA) is 28.7 Å². The Hall–Kier alpha value is -1.51. The number of benzene rings is 2. The third-order valence-electron chi connectivity index (χ3n) is 3.91. The van der Waals surface area contributed by atoms with Gasteiger partial charge in [0, 0.05) is 5.92 Å². The average molecular weight is 303 g/mol. The highest BCUT2D eigenvalue weighted by Gasteiger charge is 2.41. The van der Waals surface area contributed by atoms with Crippen molar-refractivity contribution in [3.05, 3.63) is 63.9 Å². The zero-order valence-electron chi connectivity index (χ0n) is 10.6. The molecule has 1 heterocycles. The van der Waals surface area contributed by atoms with Crippen LogP contribution in [0.15, 0.2) is 42.5 Å². The van der Waals surface area contributed by atoms with Crippen LogP contribution in [0.3, 0.4) is 0 Å². The number of aromatic nitrogens is 2. The SMILES string of the molecule is Clc1cc2nc(C3CC3c3ccccc3)[nH]c2cc1Cl. The molecular weight excluding hydrogens is 291 g/mol. The number of H-pyrrole nitrogens is 1. The molecule has 2 atom stereocenters. The number of hydrogen-bond acceptors (Lipinski definition) is 1. The van der Waals surface area contributed by atoms with Gasteiger partial charge in [0.15, 0.2) is 0 Å². The summed E-state index contributed by atoms with van der Waals surface area (Å²) in [6.45, 7) is 0. The van der Waals surface area contributed by atoms with Crippen LogP contribution in [0.5, 0.6) is 0 Å². The summed E-state index contributed by atoms with van der Waals surface area (Å²) in [5, 5.41) is 1.11. The maximum absolute atomic E-state index is 6.04. The molecule has 1 aliphatic rings. The van der Waals surface area contributed by atoms with Crippen molar-refractivity contribution in [1.82, 2.24) is 9.97 Å². The van der Waals surface area contributed by atoms with Gasteiger partial charge in [-0.2, -0.15) is 0 Å². The number of hydrogen-bond donors (Lipinski definition) is 1. The van der Waals surface area contributed by atoms with Crippen molar-refractivity contribution >= 4 is 34.2 Å². The van der Waals surface area contributed by atoms with E-state index in [1.165, 1.54) is 5.56 Å². The highest BCUT2D eigenvalue weighted by atomic mass is 35.5. The summed E-state index contributed by atoms with van der Waals surface area (Å²) >= 11 is 12.1. The Bertz CT molecular complexity index is 741. The summed E-state index contributed by atoms with van der Waals surface area (Å²) in [4.78, 5) is 8.02. The molecule has 4 heteroatoms. The molecule has 2 aromatic carbocycles. The van der Waals surface area contributed by atoms with E-state index in [1.807, 2.05) is 18.2 Å². The van der Waals surface area contributed by atoms with Crippen molar-refractivity contribution in [1.29, 1.82) is 0 Å². The molecule has 0 aliphatic heterocycles. The summed E-state index contributed by atoms with van der Waals surface area (Å²) in [6, 6.07) is 14.2. The Morgan fingerprint density at radius 2 is 1.75 bits per heavy atom. The van der Waals surface area contributed by atoms with Crippen molar-refractivity contribution in [3.8, 4) is 0 Å². The molecule has 20 heavy (non-hydrogen) atoms. The summed E-state index contributed by atoms with van der Waals surface area (Å²) < 4.78 is 0. The fourth-order valence-electron chi connectivity index (χ4n) is 2.77. The standard InChI is InChI=1S/C16H12Cl2N2/c17-12-7-14-15(8-13(12)18)20-16(19-14)11-6-10(11)9-4-2-1-3-5-9/h1-5,7-8,10-11H,6H2,(H,19,20). The van der Waals surface area contributed by atoms with Gasteiger partial charge in [-0.3, -0.25) is 0 Å². The van der Waals surface area contributed by atoms with Gasteiger partial charge in [0.2, 0.25) is 0 Å². The molecule has 0 amide bonds. The second-order valence-corrected chi connectivity index (χ2v) is 6.08. The third kappa shape index (κ3) is 2.00. The highest BCUT2D eigenvalue weighted by molar-refractivity contribution is 6.42. The Balaban J connectivity index is 1.68. The fraction of sp³-hybridized carbons (Fsp3) is 0.188. The number of aromatic amines is 1. The van der Waals surface area contributed by atoms with E-state index in [0.717, 1.165) is 23.3 Å². The lowest BCUT2D eigenvalue weighted by Gasteiger charge is -1.97. The fourth-order valence-corrected chi connectivity index (χ4v) is 3.09. The first kappa shape index (κ1) is 12.2. The summed E-state index contributed by atoms with van der Waals surface area (Å²) in [5.74, 6) is 2.08. The van der Waals surface area contributed by atoms with Gasteiger partial charge in [-0.1, -0.05) is 53.5 Å². The maximum atomic E-state index is 6.04. The molecular formula is C16H12Cl2N2. The lowest BCUT2D eigenvalue weighted by Crippen LogP contribution is -1.86. The molecule has 1 fully saturated rings. The molecule has 0 bridgehead atoms. The van der Waals surface area contributed by atoms with E-state index in [4.69, 9.17) is 23.2 Å². The Morgan fingerprint density at radius 1 is 1.00 bits per heavy atom. The summed E-state index contributed by atoms with van der Waals surface area (Å²) in [7, 11) is 0. The van der Waals surface area contributed by atoms with Crippen LogP contribution in [0.2, 0.25) is 10.0 Å². The zero-order valence-corrected chi connectivity index (χ0v) is 12.1. The Kier molecular flexibility index (Phi) is 2.76. The third-order valence-corrected chi connectivity index (χ3v) is 4.63. The van der Waals surface area contributed by atoms with Gasteiger partial charge in [-0.05, 0) is 30.0 Å². The van der Waals surface area contributed by atoms with Gasteiger partial charge in [0.25, 0.3) is 0 Å². The molecule has 1 aromatic heterocycles. The van der Waals surface area contributed by atoms with Crippen LogP contribution in [-0.4, -0.2) is 9.97 Å². The lowest BCUT2D eigenvalue weighted by molar-refractivity contribution is 0.938. The minimum Gasteiger partial charge on any atom is -0.342 e. The van der Waals surface area contributed by atoms with E-state index in [-0.39, 0.29) is 0 Å². The smallest absolute Gasteiger partial charge is 0.110 e. The lowest BCUT2D eigenvalue weighted by atomic mass is 10.1. The average Bonchev–Trinajstić information content (AvgIpc) is 3.16. The predicted octanol–water partition coefficient (Wildman–Crippen LogP) is 5.14. The van der Waals surface area contributed by atoms with Gasteiger partial charge in [-0.15, -0.1) is 0 Å². The minimum absolute atomic E-state index is 0.474. The molecule has 1 aliphatic carbocycles. The van der Waals surface area contributed by atoms with E-state index >= 15 is 0 Å². The predicted molar refractivity (Wildman–Crippen MR) is 82.7 cm³/mol. The van der Waals surface area contributed by atoms with Crippen LogP contribution in [0.25, 0.3) is 11.0 Å². The van der Waals surface area contributed by atoms with Gasteiger partial charge >= 0.3 is 0 Å². The van der Waals surface area contributed by atoms with Crippen LogP contribution >= 0.6 is 23.2 Å². The largest absolute Gasteiger partial charge is 0.342 e. The van der Waals surface area contributed by atoms with E-state index in [1.54, 1.807) is 0 Å². The second kappa shape index (κ2) is 4.51. The normalized spacial score (nSPS) is 21.3. The van der Waals surface area contributed by atoms with Gasteiger partial charge in [-0.25, -0.2) is 4.98 Å². The van der Waals surface area contributed by atoms with Crippen molar-refractivity contribution < 1.29 is 0 Å². The summed E-state index contributed by atoms with van der Waals surface area (Å²) in [6.07, 6.45) is 1.14. The van der Waals surface area contributed by atoms with E-state index < -0.39 is 0 Å². The number of imidazole rings is 1. The van der Waals surface area contributed by atoms with Crippen molar-refractivity contribution in [2.24, 2.45) is 0 Å². The van der Waals surface area contributed by atoms with E-state index in [0.29, 0.717) is 21.9 Å². The quantitative estimate of drug-likeness (QED) is 0.697. The first-order valence-corrected chi connectivity index (χ1v) is 7.37. The first-order valence-electron chi connectivity index (χ1n) is 6.62. The van der Waals surface area contributed by atoms with Crippen LogP contribution in [0.1, 0.15) is 29.6 Å². The molecule has 100 valence electrons. The van der Waals surface area contributed by atoms with E-state index in [9.17, 15) is 0 Å². The number of fused-ring (bicyclic) bond motifs is 1. The molecule has 0 saturated heterocycles. The molecule has 2 unspecified atom stereocenters. The number of nitrogens with zero attached hydrogens (tertiary/aromatic N) is 1. The molecule has 2 nitrogen and oxygen atoms in total. The molecule has 0 radical (unpaired) electrons. The number of nitrogens with one attached hydrogen (secondary N) is 1. The molecule has 1 saturated carbocycles. The van der Waals surface area contributed by atoms with E-state index in [2.05, 4.69) is 34.2 Å². The van der Waals surface area contributed by atoms with Gasteiger partial charge < -0.3 is 4.98 Å². The van der Waals surface area contributed by atoms with Gasteiger partial charge in [0.05, 0.1) is 21.1 Å². The Morgan fingerprint density at radius 3 is 2.55 bits per heavy atom. The molecule has 4 rings (SSSR count). The van der Waals surface area contributed by atoms with Crippen LogP contribution < -0.4 is 0 Å². The van der Waals surface area contributed by atoms with Crippen LogP contribution in [-0.2, 0) is 0 Å². The van der Waals surface area contributed by atoms with Crippen LogP contribution in [0.4, 0.5) is 0 Å². The van der Waals surface area contributed by atoms with Gasteiger partial charge in [0.1, 0.15) is 5.82 Å². The Labute approximate surface area is 126 Å². The minimum atomic E-state index is 0.474. The number of rotatable bonds is 2. The zero-order chi connectivity index (χ0) is 13.7.